The number of aryl methyl sites for hydroxylation is 1. The summed E-state index contributed by atoms with van der Waals surface area (Å²) in [4.78, 5) is 8.75. The summed E-state index contributed by atoms with van der Waals surface area (Å²) in [5.74, 6) is -3.50. The predicted molar refractivity (Wildman–Crippen MR) is 204 cm³/mol. The van der Waals surface area contributed by atoms with Gasteiger partial charge in [-0.05, 0) is 42.1 Å². The van der Waals surface area contributed by atoms with E-state index in [1.165, 1.54) is 31.5 Å². The van der Waals surface area contributed by atoms with Gasteiger partial charge in [-0.1, -0.05) is 54.1 Å². The van der Waals surface area contributed by atoms with E-state index in [2.05, 4.69) is 25.8 Å². The number of nitrogens with zero attached hydrogens (tertiary/aromatic N) is 3. The van der Waals surface area contributed by atoms with E-state index < -0.39 is 17.8 Å². The molecule has 56 heavy (non-hydrogen) atoms. The normalized spacial score (nSPS) is 12.2. The van der Waals surface area contributed by atoms with Crippen molar-refractivity contribution in [2.45, 2.75) is 19.0 Å². The fourth-order valence-electron chi connectivity index (χ4n) is 5.04. The van der Waals surface area contributed by atoms with Crippen LogP contribution >= 0.6 is 0 Å². The molecule has 5 rings (SSSR count). The molecule has 0 aliphatic heterocycles. The third kappa shape index (κ3) is 11.6. The van der Waals surface area contributed by atoms with Crippen molar-refractivity contribution >= 4 is 39.9 Å². The fourth-order valence-corrected chi connectivity index (χ4v) is 5.04. The summed E-state index contributed by atoms with van der Waals surface area (Å²) in [7, 11) is 3.13. The smallest absolute Gasteiger partial charge is 0.459 e. The summed E-state index contributed by atoms with van der Waals surface area (Å²) in [5, 5.41) is 7.62. The number of ether oxygens (including phenoxy) is 6. The van der Waals surface area contributed by atoms with Gasteiger partial charge in [-0.3, -0.25) is 5.43 Å². The van der Waals surface area contributed by atoms with E-state index in [-0.39, 0.29) is 24.1 Å². The van der Waals surface area contributed by atoms with Gasteiger partial charge in [0.2, 0.25) is 11.8 Å². The first-order valence-electron chi connectivity index (χ1n) is 17.3. The number of hydrazone groups is 1. The summed E-state index contributed by atoms with van der Waals surface area (Å²) >= 11 is 0. The van der Waals surface area contributed by atoms with Crippen LogP contribution in [0.15, 0.2) is 102 Å². The Labute approximate surface area is 320 Å². The minimum absolute atomic E-state index is 0.167. The maximum atomic E-state index is 14.6. The largest absolute Gasteiger partial charge is 0.497 e. The van der Waals surface area contributed by atoms with Gasteiger partial charge >= 0.3 is 12.1 Å². The number of fused-ring (bicyclic) bond motifs is 1. The van der Waals surface area contributed by atoms with Crippen molar-refractivity contribution in [2.24, 2.45) is 5.10 Å². The number of allylic oxidation sites excluding steroid dienone is 1. The van der Waals surface area contributed by atoms with Crippen molar-refractivity contribution in [2.75, 3.05) is 64.6 Å². The zero-order valence-corrected chi connectivity index (χ0v) is 30.7. The molecule has 0 aliphatic carbocycles. The highest BCUT2D eigenvalue weighted by Gasteiger charge is 2.60. The topological polar surface area (TPSA) is 118 Å². The molecule has 0 spiro atoms. The molecule has 2 N–H and O–H groups in total. The Morgan fingerprint density at radius 3 is 2.18 bits per heavy atom. The fraction of sp³-hybridized carbons (Fsp3) is 0.275. The van der Waals surface area contributed by atoms with Crippen LogP contribution < -0.4 is 25.0 Å². The summed E-state index contributed by atoms with van der Waals surface area (Å²) in [5.41, 5.74) is 2.81. The Kier molecular flexibility index (Phi) is 14.5. The van der Waals surface area contributed by atoms with Crippen LogP contribution in [-0.4, -0.2) is 81.6 Å². The number of rotatable bonds is 20. The second-order valence-corrected chi connectivity index (χ2v) is 12.0. The molecule has 0 saturated heterocycles. The quantitative estimate of drug-likeness (QED) is 0.0343. The van der Waals surface area contributed by atoms with Gasteiger partial charge in [-0.15, -0.1) is 0 Å². The highest BCUT2D eigenvalue weighted by Crippen LogP contribution is 2.38. The molecular weight excluding hydrogens is 741 g/mol. The molecule has 16 heteroatoms. The monoisotopic (exact) mass is 781 g/mol. The van der Waals surface area contributed by atoms with Crippen LogP contribution in [0.25, 0.3) is 16.8 Å². The number of methoxy groups -OCH3 is 2. The van der Waals surface area contributed by atoms with E-state index in [0.29, 0.717) is 78.4 Å². The SMILES string of the molecule is COCCOCCOCCOc1cc(Nc2nccc(Oc3ccc(C=C/C(=N\Nc4ccc(C)cc4)C(F)(F)C(F)(F)F)c4ccccc34)n2)cc(OC)c1. The first-order chi connectivity index (χ1) is 27.0. The van der Waals surface area contributed by atoms with Gasteiger partial charge in [0.1, 0.15) is 29.6 Å². The molecule has 1 aromatic heterocycles. The van der Waals surface area contributed by atoms with Crippen molar-refractivity contribution in [3.8, 4) is 23.1 Å². The van der Waals surface area contributed by atoms with Crippen molar-refractivity contribution in [1.29, 1.82) is 0 Å². The van der Waals surface area contributed by atoms with E-state index >= 15 is 0 Å². The molecule has 0 saturated carbocycles. The van der Waals surface area contributed by atoms with Crippen molar-refractivity contribution in [3.63, 3.8) is 0 Å². The summed E-state index contributed by atoms with van der Waals surface area (Å²) in [6, 6.07) is 23.0. The molecule has 0 atom stereocenters. The van der Waals surface area contributed by atoms with E-state index in [9.17, 15) is 22.0 Å². The molecular formula is C40H40F5N5O6. The molecule has 11 nitrogen and oxygen atoms in total. The Balaban J connectivity index is 1.29. The van der Waals surface area contributed by atoms with Crippen LogP contribution in [0.1, 0.15) is 11.1 Å². The second-order valence-electron chi connectivity index (χ2n) is 12.0. The second kappa shape index (κ2) is 19.7. The molecule has 1 heterocycles. The van der Waals surface area contributed by atoms with E-state index in [1.54, 1.807) is 73.8 Å². The molecule has 0 amide bonds. The summed E-state index contributed by atoms with van der Waals surface area (Å²) in [6.45, 7) is 4.31. The number of halogens is 5. The first kappa shape index (κ1) is 41.3. The number of aromatic nitrogens is 2. The molecule has 5 aromatic rings. The van der Waals surface area contributed by atoms with E-state index in [0.717, 1.165) is 11.6 Å². The van der Waals surface area contributed by atoms with Crippen LogP contribution in [0.2, 0.25) is 0 Å². The van der Waals surface area contributed by atoms with Gasteiger partial charge in [-0.2, -0.15) is 32.0 Å². The molecule has 4 aromatic carbocycles. The van der Waals surface area contributed by atoms with Crippen LogP contribution in [0.3, 0.4) is 0 Å². The summed E-state index contributed by atoms with van der Waals surface area (Å²) in [6.07, 6.45) is -2.60. The number of anilines is 3. The highest BCUT2D eigenvalue weighted by molar-refractivity contribution is 6.06. The molecule has 0 aliphatic rings. The lowest BCUT2D eigenvalue weighted by Crippen LogP contribution is -2.43. The molecule has 296 valence electrons. The van der Waals surface area contributed by atoms with Gasteiger partial charge in [-0.25, -0.2) is 4.98 Å². The molecule has 0 radical (unpaired) electrons. The lowest BCUT2D eigenvalue weighted by Gasteiger charge is -2.20. The third-order valence-corrected chi connectivity index (χ3v) is 7.89. The van der Waals surface area contributed by atoms with Gasteiger partial charge in [0.15, 0.2) is 0 Å². The zero-order valence-electron chi connectivity index (χ0n) is 30.7. The number of hydrogen-bond acceptors (Lipinski definition) is 11. The van der Waals surface area contributed by atoms with Crippen LogP contribution in [0.4, 0.5) is 39.3 Å². The number of nitrogens with one attached hydrogen (secondary N) is 2. The maximum Gasteiger partial charge on any atom is 0.459 e. The van der Waals surface area contributed by atoms with E-state index in [1.807, 2.05) is 6.92 Å². The Bertz CT molecular complexity index is 2100. The van der Waals surface area contributed by atoms with Gasteiger partial charge in [0.05, 0.1) is 45.8 Å². The molecule has 0 bridgehead atoms. The number of benzene rings is 4. The average molecular weight is 782 g/mol. The van der Waals surface area contributed by atoms with Gasteiger partial charge in [0, 0.05) is 48.6 Å². The van der Waals surface area contributed by atoms with Gasteiger partial charge < -0.3 is 33.7 Å². The van der Waals surface area contributed by atoms with Crippen LogP contribution in [-0.2, 0) is 14.2 Å². The predicted octanol–water partition coefficient (Wildman–Crippen LogP) is 9.22. The van der Waals surface area contributed by atoms with Crippen LogP contribution in [0, 0.1) is 6.92 Å². The molecule has 0 fully saturated rings. The Morgan fingerprint density at radius 2 is 1.46 bits per heavy atom. The van der Waals surface area contributed by atoms with Crippen molar-refractivity contribution in [3.05, 3.63) is 108 Å². The Morgan fingerprint density at radius 1 is 0.768 bits per heavy atom. The Hall–Kier alpha value is -5.84. The zero-order chi connectivity index (χ0) is 40.0. The first-order valence-corrected chi connectivity index (χ1v) is 17.3. The standard InChI is InChI=1S/C40H40F5N5O6/c1-27-8-12-29(13-9-27)49-50-36(39(41,42)40(43,44)45)15-11-28-10-14-35(34-7-5-4-6-33(28)34)56-37-16-17-46-38(48-37)47-30-24-31(52-3)26-32(25-30)55-23-22-54-21-20-53-19-18-51-2/h4-17,24-26,49H,18-23H2,1-3H3,(H,46,47,48)/b15-11?,50-36+. The number of hydrogen-bond donors (Lipinski definition) is 2. The lowest BCUT2D eigenvalue weighted by atomic mass is 10.0. The average Bonchev–Trinajstić information content (AvgIpc) is 3.18. The molecule has 0 unspecified atom stereocenters. The lowest BCUT2D eigenvalue weighted by molar-refractivity contribution is -0.248. The maximum absolute atomic E-state index is 14.6. The number of alkyl halides is 5. The third-order valence-electron chi connectivity index (χ3n) is 7.89. The highest BCUT2D eigenvalue weighted by atomic mass is 19.4. The van der Waals surface area contributed by atoms with Gasteiger partial charge in [0.25, 0.3) is 0 Å². The van der Waals surface area contributed by atoms with Crippen LogP contribution in [0.5, 0.6) is 23.1 Å². The van der Waals surface area contributed by atoms with Crippen molar-refractivity contribution < 1.29 is 50.4 Å². The minimum Gasteiger partial charge on any atom is -0.497 e. The van der Waals surface area contributed by atoms with Crippen molar-refractivity contribution in [1.82, 2.24) is 9.97 Å². The summed E-state index contributed by atoms with van der Waals surface area (Å²) < 4.78 is 103. The van der Waals surface area contributed by atoms with E-state index in [4.69, 9.17) is 28.4 Å². The minimum atomic E-state index is -5.88.